The van der Waals surface area contributed by atoms with Crippen molar-refractivity contribution in [2.24, 2.45) is 0 Å². The van der Waals surface area contributed by atoms with Crippen molar-refractivity contribution < 1.29 is 9.84 Å². The van der Waals surface area contributed by atoms with E-state index in [1.54, 1.807) is 19.2 Å². The Morgan fingerprint density at radius 1 is 1.00 bits per heavy atom. The number of nitrogens with one attached hydrogen (secondary N) is 1. The van der Waals surface area contributed by atoms with Crippen LogP contribution in [0.1, 0.15) is 37.1 Å². The topological polar surface area (TPSA) is 41.5 Å². The summed E-state index contributed by atoms with van der Waals surface area (Å²) in [4.78, 5) is 0. The highest BCUT2D eigenvalue weighted by atomic mass is 16.5. The molecule has 3 heteroatoms. The van der Waals surface area contributed by atoms with E-state index in [1.807, 2.05) is 31.2 Å². The van der Waals surface area contributed by atoms with Gasteiger partial charge in [-0.05, 0) is 37.6 Å². The highest BCUT2D eigenvalue weighted by molar-refractivity contribution is 5.41. The van der Waals surface area contributed by atoms with Crippen LogP contribution in [-0.2, 0) is 0 Å². The third-order valence-electron chi connectivity index (χ3n) is 3.50. The van der Waals surface area contributed by atoms with Gasteiger partial charge in [-0.1, -0.05) is 30.3 Å². The summed E-state index contributed by atoms with van der Waals surface area (Å²) in [6.07, 6.45) is 0. The van der Waals surface area contributed by atoms with Gasteiger partial charge in [-0.15, -0.1) is 0 Å². The van der Waals surface area contributed by atoms with Gasteiger partial charge < -0.3 is 15.2 Å². The van der Waals surface area contributed by atoms with Gasteiger partial charge in [0.05, 0.1) is 7.11 Å². The van der Waals surface area contributed by atoms with Crippen LogP contribution < -0.4 is 10.1 Å². The van der Waals surface area contributed by atoms with Crippen molar-refractivity contribution >= 4 is 0 Å². The van der Waals surface area contributed by atoms with Crippen molar-refractivity contribution in [1.29, 1.82) is 0 Å². The molecule has 106 valence electrons. The number of methoxy groups -OCH3 is 1. The van der Waals surface area contributed by atoms with Crippen molar-refractivity contribution in [1.82, 2.24) is 5.32 Å². The van der Waals surface area contributed by atoms with Crippen LogP contribution in [0.15, 0.2) is 48.5 Å². The molecule has 3 nitrogen and oxygen atoms in total. The zero-order chi connectivity index (χ0) is 14.5. The lowest BCUT2D eigenvalue weighted by Crippen LogP contribution is -2.22. The zero-order valence-electron chi connectivity index (χ0n) is 12.1. The van der Waals surface area contributed by atoms with Crippen molar-refractivity contribution in [2.45, 2.75) is 25.9 Å². The first-order valence-corrected chi connectivity index (χ1v) is 6.79. The fourth-order valence-corrected chi connectivity index (χ4v) is 2.31. The number of aromatic hydroxyl groups is 1. The van der Waals surface area contributed by atoms with E-state index in [2.05, 4.69) is 24.4 Å². The number of rotatable bonds is 5. The molecule has 20 heavy (non-hydrogen) atoms. The lowest BCUT2D eigenvalue weighted by atomic mass is 10.0. The molecular formula is C17H21NO2. The first-order valence-electron chi connectivity index (χ1n) is 6.79. The average Bonchev–Trinajstić information content (AvgIpc) is 2.48. The van der Waals surface area contributed by atoms with Gasteiger partial charge in [0.15, 0.2) is 0 Å². The number of benzene rings is 2. The van der Waals surface area contributed by atoms with E-state index in [-0.39, 0.29) is 17.8 Å². The second-order valence-corrected chi connectivity index (χ2v) is 4.95. The van der Waals surface area contributed by atoms with Gasteiger partial charge in [-0.2, -0.15) is 0 Å². The third-order valence-corrected chi connectivity index (χ3v) is 3.50. The van der Waals surface area contributed by atoms with Gasteiger partial charge in [-0.25, -0.2) is 0 Å². The number of ether oxygens (including phenoxy) is 1. The molecule has 0 saturated heterocycles. The maximum Gasteiger partial charge on any atom is 0.120 e. The molecule has 0 amide bonds. The van der Waals surface area contributed by atoms with E-state index in [9.17, 15) is 5.11 Å². The summed E-state index contributed by atoms with van der Waals surface area (Å²) in [6, 6.07) is 15.8. The fraction of sp³-hybridized carbons (Fsp3) is 0.294. The maximum absolute atomic E-state index is 9.99. The predicted octanol–water partition coefficient (Wildman–Crippen LogP) is 3.81. The number of hydrogen-bond donors (Lipinski definition) is 2. The Hall–Kier alpha value is -2.00. The van der Waals surface area contributed by atoms with Gasteiger partial charge in [0.25, 0.3) is 0 Å². The summed E-state index contributed by atoms with van der Waals surface area (Å²) < 4.78 is 5.21. The second-order valence-electron chi connectivity index (χ2n) is 4.95. The van der Waals surface area contributed by atoms with E-state index in [1.165, 1.54) is 5.56 Å². The first-order chi connectivity index (χ1) is 9.61. The SMILES string of the molecule is COc1ccc(O)c(C(C)N[C@@H](C)c2ccccc2)c1. The molecule has 0 bridgehead atoms. The lowest BCUT2D eigenvalue weighted by molar-refractivity contribution is 0.405. The van der Waals surface area contributed by atoms with Crippen LogP contribution in [0.3, 0.4) is 0 Å². The molecule has 0 aliphatic carbocycles. The second kappa shape index (κ2) is 6.44. The van der Waals surface area contributed by atoms with Crippen molar-refractivity contribution in [2.75, 3.05) is 7.11 Å². The van der Waals surface area contributed by atoms with Crippen LogP contribution in [0.5, 0.6) is 11.5 Å². The summed E-state index contributed by atoms with van der Waals surface area (Å²) >= 11 is 0. The molecule has 0 spiro atoms. The molecule has 0 aromatic heterocycles. The molecule has 2 N–H and O–H groups in total. The van der Waals surface area contributed by atoms with Gasteiger partial charge in [0.1, 0.15) is 11.5 Å². The Kier molecular flexibility index (Phi) is 4.64. The Labute approximate surface area is 120 Å². The van der Waals surface area contributed by atoms with Crippen LogP contribution in [-0.4, -0.2) is 12.2 Å². The minimum Gasteiger partial charge on any atom is -0.508 e. The molecule has 0 heterocycles. The summed E-state index contributed by atoms with van der Waals surface area (Å²) in [5, 5.41) is 13.5. The quantitative estimate of drug-likeness (QED) is 0.868. The molecule has 0 aliphatic heterocycles. The number of phenols is 1. The van der Waals surface area contributed by atoms with E-state index in [0.29, 0.717) is 0 Å². The largest absolute Gasteiger partial charge is 0.508 e. The molecule has 0 radical (unpaired) electrons. The van der Waals surface area contributed by atoms with Gasteiger partial charge >= 0.3 is 0 Å². The monoisotopic (exact) mass is 271 g/mol. The van der Waals surface area contributed by atoms with Gasteiger partial charge in [0.2, 0.25) is 0 Å². The maximum atomic E-state index is 9.99. The average molecular weight is 271 g/mol. The molecule has 2 aromatic carbocycles. The van der Waals surface area contributed by atoms with E-state index < -0.39 is 0 Å². The Morgan fingerprint density at radius 3 is 2.35 bits per heavy atom. The molecule has 1 unspecified atom stereocenters. The van der Waals surface area contributed by atoms with Crippen LogP contribution in [0, 0.1) is 0 Å². The summed E-state index contributed by atoms with van der Waals surface area (Å²) in [7, 11) is 1.63. The number of hydrogen-bond acceptors (Lipinski definition) is 3. The summed E-state index contributed by atoms with van der Waals surface area (Å²) in [5.41, 5.74) is 2.06. The molecule has 2 rings (SSSR count). The molecule has 0 aliphatic rings. The van der Waals surface area contributed by atoms with E-state index in [0.717, 1.165) is 11.3 Å². The number of phenolic OH excluding ortho intramolecular Hbond substituents is 1. The van der Waals surface area contributed by atoms with Gasteiger partial charge in [0, 0.05) is 17.6 Å². The molecule has 0 fully saturated rings. The minimum atomic E-state index is 0.0281. The Bertz CT molecular complexity index is 554. The lowest BCUT2D eigenvalue weighted by Gasteiger charge is -2.22. The molecule has 2 atom stereocenters. The minimum absolute atomic E-state index is 0.0281. The fourth-order valence-electron chi connectivity index (χ4n) is 2.31. The third kappa shape index (κ3) is 3.31. The highest BCUT2D eigenvalue weighted by Gasteiger charge is 2.14. The Morgan fingerprint density at radius 2 is 1.70 bits per heavy atom. The Balaban J connectivity index is 2.14. The zero-order valence-corrected chi connectivity index (χ0v) is 12.1. The molecule has 2 aromatic rings. The van der Waals surface area contributed by atoms with Crippen molar-refractivity contribution in [3.8, 4) is 11.5 Å². The van der Waals surface area contributed by atoms with Crippen molar-refractivity contribution in [3.05, 3.63) is 59.7 Å². The van der Waals surface area contributed by atoms with E-state index >= 15 is 0 Å². The summed E-state index contributed by atoms with van der Waals surface area (Å²) in [6.45, 7) is 4.15. The van der Waals surface area contributed by atoms with Crippen LogP contribution >= 0.6 is 0 Å². The highest BCUT2D eigenvalue weighted by Crippen LogP contribution is 2.29. The molecule has 0 saturated carbocycles. The molecular weight excluding hydrogens is 250 g/mol. The van der Waals surface area contributed by atoms with Crippen LogP contribution in [0.4, 0.5) is 0 Å². The standard InChI is InChI=1S/C17H21NO2/c1-12(14-7-5-4-6-8-14)18-13(2)16-11-15(20-3)9-10-17(16)19/h4-13,18-19H,1-3H3/t12-,13?/m0/s1. The van der Waals surface area contributed by atoms with Gasteiger partial charge in [-0.3, -0.25) is 0 Å². The smallest absolute Gasteiger partial charge is 0.120 e. The predicted molar refractivity (Wildman–Crippen MR) is 81.1 cm³/mol. The normalized spacial score (nSPS) is 13.8. The first kappa shape index (κ1) is 14.4. The van der Waals surface area contributed by atoms with Crippen molar-refractivity contribution in [3.63, 3.8) is 0 Å². The van der Waals surface area contributed by atoms with E-state index in [4.69, 9.17) is 4.74 Å². The summed E-state index contributed by atoms with van der Waals surface area (Å²) in [5.74, 6) is 1.03. The van der Waals surface area contributed by atoms with Crippen LogP contribution in [0.25, 0.3) is 0 Å². The van der Waals surface area contributed by atoms with Crippen LogP contribution in [0.2, 0.25) is 0 Å².